The molecule has 0 aromatic heterocycles. The topological polar surface area (TPSA) is 73.5 Å². The monoisotopic (exact) mass is 386 g/mol. The summed E-state index contributed by atoms with van der Waals surface area (Å²) in [7, 11) is 1.62. The van der Waals surface area contributed by atoms with Crippen LogP contribution in [0.4, 0.5) is 0 Å². The molecule has 26 heavy (non-hydrogen) atoms. The number of benzene rings is 2. The molecule has 2 aromatic rings. The maximum atomic E-state index is 12.0. The summed E-state index contributed by atoms with van der Waals surface area (Å²) in [5.41, 5.74) is 9.14. The number of thiocarbonyl (C=S) groups is 2. The second kappa shape index (κ2) is 9.59. The summed E-state index contributed by atoms with van der Waals surface area (Å²) >= 11 is 10.5. The van der Waals surface area contributed by atoms with E-state index in [0.29, 0.717) is 9.98 Å². The Balaban J connectivity index is 1.77. The zero-order valence-electron chi connectivity index (χ0n) is 14.1. The Hall–Kier alpha value is -2.84. The van der Waals surface area contributed by atoms with Crippen molar-refractivity contribution >= 4 is 46.2 Å². The van der Waals surface area contributed by atoms with Gasteiger partial charge < -0.3 is 0 Å². The molecule has 0 spiro atoms. The van der Waals surface area contributed by atoms with E-state index >= 15 is 0 Å². The van der Waals surface area contributed by atoms with E-state index < -0.39 is 11.8 Å². The van der Waals surface area contributed by atoms with Crippen molar-refractivity contribution in [3.8, 4) is 0 Å². The molecule has 2 amide bonds. The Labute approximate surface area is 162 Å². The number of nitrogens with zero attached hydrogens (tertiary/aromatic N) is 1. The summed E-state index contributed by atoms with van der Waals surface area (Å²) in [4.78, 5) is 24.7. The van der Waals surface area contributed by atoms with Crippen molar-refractivity contribution in [3.63, 3.8) is 0 Å². The minimum atomic E-state index is -0.514. The predicted octanol–water partition coefficient (Wildman–Crippen LogP) is 1.71. The first-order chi connectivity index (χ1) is 12.5. The van der Waals surface area contributed by atoms with Crippen molar-refractivity contribution in [3.05, 3.63) is 71.8 Å². The van der Waals surface area contributed by atoms with E-state index in [1.807, 2.05) is 60.7 Å². The molecule has 134 valence electrons. The Bertz CT molecular complexity index is 797. The van der Waals surface area contributed by atoms with Crippen molar-refractivity contribution in [1.82, 2.24) is 21.3 Å². The summed E-state index contributed by atoms with van der Waals surface area (Å²) < 4.78 is 0. The smallest absolute Gasteiger partial charge is 0.248 e. The standard InChI is InChI=1S/C18H18N4O2S2/c1-22(18(26)14-10-6-3-7-11-14)21-16(24)12-15(23)19-20-17(25)13-8-4-2-5-9-13/h2-11H,12H2,1H3,(H,19,23)(H,20,25)(H,21,24). The van der Waals surface area contributed by atoms with Gasteiger partial charge in [0.2, 0.25) is 11.8 Å². The van der Waals surface area contributed by atoms with E-state index in [2.05, 4.69) is 16.3 Å². The van der Waals surface area contributed by atoms with Gasteiger partial charge in [0.15, 0.2) is 0 Å². The Morgan fingerprint density at radius 1 is 0.846 bits per heavy atom. The lowest BCUT2D eigenvalue weighted by Crippen LogP contribution is -2.47. The maximum absolute atomic E-state index is 12.0. The number of rotatable bonds is 4. The van der Waals surface area contributed by atoms with Gasteiger partial charge in [0, 0.05) is 18.2 Å². The highest BCUT2D eigenvalue weighted by atomic mass is 32.1. The first kappa shape index (κ1) is 19.5. The molecule has 0 bridgehead atoms. The van der Waals surface area contributed by atoms with Crippen LogP contribution in [-0.4, -0.2) is 33.8 Å². The molecule has 0 unspecified atom stereocenters. The lowest BCUT2D eigenvalue weighted by atomic mass is 10.2. The molecule has 0 saturated heterocycles. The SMILES string of the molecule is CN(NC(=O)CC(=O)NNC(=S)c1ccccc1)C(=S)c1ccccc1. The number of nitrogens with one attached hydrogen (secondary N) is 3. The van der Waals surface area contributed by atoms with Gasteiger partial charge in [0.25, 0.3) is 0 Å². The predicted molar refractivity (Wildman–Crippen MR) is 108 cm³/mol. The number of hydrogen-bond donors (Lipinski definition) is 3. The van der Waals surface area contributed by atoms with Crippen LogP contribution in [0.1, 0.15) is 17.5 Å². The lowest BCUT2D eigenvalue weighted by molar-refractivity contribution is -0.131. The third-order valence-corrected chi connectivity index (χ3v) is 4.14. The van der Waals surface area contributed by atoms with Crippen molar-refractivity contribution in [2.75, 3.05) is 7.05 Å². The molecule has 8 heteroatoms. The quantitative estimate of drug-likeness (QED) is 0.422. The fourth-order valence-corrected chi connectivity index (χ4v) is 2.40. The Morgan fingerprint density at radius 3 is 1.96 bits per heavy atom. The molecule has 2 rings (SSSR count). The lowest BCUT2D eigenvalue weighted by Gasteiger charge is -2.21. The van der Waals surface area contributed by atoms with E-state index in [0.717, 1.165) is 11.1 Å². The van der Waals surface area contributed by atoms with Gasteiger partial charge in [0.05, 0.1) is 0 Å². The number of carbonyl (C=O) groups is 2. The summed E-state index contributed by atoms with van der Waals surface area (Å²) in [5.74, 6) is -1.00. The van der Waals surface area contributed by atoms with E-state index in [-0.39, 0.29) is 6.42 Å². The molecule has 0 heterocycles. The highest BCUT2D eigenvalue weighted by molar-refractivity contribution is 7.81. The summed E-state index contributed by atoms with van der Waals surface area (Å²) in [6.07, 6.45) is -0.369. The van der Waals surface area contributed by atoms with Crippen molar-refractivity contribution in [2.45, 2.75) is 6.42 Å². The maximum Gasteiger partial charge on any atom is 0.248 e. The van der Waals surface area contributed by atoms with Crippen LogP contribution in [0.3, 0.4) is 0 Å². The second-order valence-electron chi connectivity index (χ2n) is 5.31. The van der Waals surface area contributed by atoms with Crippen LogP contribution in [0, 0.1) is 0 Å². The summed E-state index contributed by atoms with van der Waals surface area (Å²) in [5, 5.41) is 1.41. The number of hydrogen-bond acceptors (Lipinski definition) is 4. The number of amides is 2. The highest BCUT2D eigenvalue weighted by Crippen LogP contribution is 2.03. The Morgan fingerprint density at radius 2 is 1.38 bits per heavy atom. The average molecular weight is 387 g/mol. The van der Waals surface area contributed by atoms with Crippen LogP contribution in [0.5, 0.6) is 0 Å². The zero-order valence-corrected chi connectivity index (χ0v) is 15.7. The number of hydrazine groups is 2. The molecule has 0 aliphatic carbocycles. The van der Waals surface area contributed by atoms with E-state index in [9.17, 15) is 9.59 Å². The van der Waals surface area contributed by atoms with Gasteiger partial charge in [-0.15, -0.1) is 0 Å². The summed E-state index contributed by atoms with van der Waals surface area (Å²) in [6, 6.07) is 18.4. The molecule has 0 aliphatic heterocycles. The minimum Gasteiger partial charge on any atom is -0.288 e. The molecule has 0 saturated carbocycles. The average Bonchev–Trinajstić information content (AvgIpc) is 2.66. The molecule has 2 aromatic carbocycles. The van der Waals surface area contributed by atoms with Gasteiger partial charge in [-0.2, -0.15) is 0 Å². The second-order valence-corrected chi connectivity index (χ2v) is 6.11. The van der Waals surface area contributed by atoms with Crippen molar-refractivity contribution < 1.29 is 9.59 Å². The first-order valence-electron chi connectivity index (χ1n) is 7.74. The van der Waals surface area contributed by atoms with E-state index in [4.69, 9.17) is 24.4 Å². The van der Waals surface area contributed by atoms with Gasteiger partial charge in [-0.25, -0.2) is 0 Å². The minimum absolute atomic E-state index is 0.363. The fourth-order valence-electron chi connectivity index (χ4n) is 2.03. The summed E-state index contributed by atoms with van der Waals surface area (Å²) in [6.45, 7) is 0. The van der Waals surface area contributed by atoms with Crippen LogP contribution in [0.25, 0.3) is 0 Å². The van der Waals surface area contributed by atoms with Gasteiger partial charge >= 0.3 is 0 Å². The molecular formula is C18H18N4O2S2. The van der Waals surface area contributed by atoms with Crippen LogP contribution < -0.4 is 16.3 Å². The van der Waals surface area contributed by atoms with Crippen molar-refractivity contribution in [2.24, 2.45) is 0 Å². The molecule has 0 fully saturated rings. The zero-order chi connectivity index (χ0) is 18.9. The fraction of sp³-hybridized carbons (Fsp3) is 0.111. The highest BCUT2D eigenvalue weighted by Gasteiger charge is 2.14. The van der Waals surface area contributed by atoms with Crippen LogP contribution in [-0.2, 0) is 9.59 Å². The third kappa shape index (κ3) is 5.91. The normalized spacial score (nSPS) is 9.73. The van der Waals surface area contributed by atoms with Crippen LogP contribution >= 0.6 is 24.4 Å². The number of carbonyl (C=O) groups excluding carboxylic acids is 2. The molecule has 6 nitrogen and oxygen atoms in total. The van der Waals surface area contributed by atoms with Gasteiger partial charge in [-0.1, -0.05) is 85.1 Å². The van der Waals surface area contributed by atoms with Crippen molar-refractivity contribution in [1.29, 1.82) is 0 Å². The molecule has 0 atom stereocenters. The molecule has 0 aliphatic rings. The van der Waals surface area contributed by atoms with E-state index in [1.54, 1.807) is 7.05 Å². The van der Waals surface area contributed by atoms with Crippen LogP contribution in [0.2, 0.25) is 0 Å². The van der Waals surface area contributed by atoms with E-state index in [1.165, 1.54) is 5.01 Å². The van der Waals surface area contributed by atoms with Gasteiger partial charge in [0.1, 0.15) is 16.4 Å². The molecule has 0 radical (unpaired) electrons. The molecular weight excluding hydrogens is 368 g/mol. The Kier molecular flexibility index (Phi) is 7.19. The van der Waals surface area contributed by atoms with Gasteiger partial charge in [-0.3, -0.25) is 30.9 Å². The first-order valence-corrected chi connectivity index (χ1v) is 8.56. The van der Waals surface area contributed by atoms with Gasteiger partial charge in [-0.05, 0) is 0 Å². The largest absolute Gasteiger partial charge is 0.288 e. The third-order valence-electron chi connectivity index (χ3n) is 3.29. The van der Waals surface area contributed by atoms with Crippen LogP contribution in [0.15, 0.2) is 60.7 Å². The molecule has 3 N–H and O–H groups in total.